The van der Waals surface area contributed by atoms with Gasteiger partial charge in [0.25, 0.3) is 0 Å². The highest BCUT2D eigenvalue weighted by atomic mass is 32.2. The first-order valence-corrected chi connectivity index (χ1v) is 9.87. The Hall–Kier alpha value is -0.120. The molecule has 3 rings (SSSR count). The second-order valence-electron chi connectivity index (χ2n) is 4.86. The van der Waals surface area contributed by atoms with Crippen molar-refractivity contribution in [2.24, 2.45) is 0 Å². The van der Waals surface area contributed by atoms with Crippen LogP contribution in [0.3, 0.4) is 0 Å². The molecule has 0 spiro atoms. The fraction of sp³-hybridized carbons (Fsp3) is 0.667. The summed E-state index contributed by atoms with van der Waals surface area (Å²) in [6.07, 6.45) is 2.43. The lowest BCUT2D eigenvalue weighted by atomic mass is 10.2. The topological polar surface area (TPSA) is 100 Å². The van der Waals surface area contributed by atoms with E-state index >= 15 is 0 Å². The van der Waals surface area contributed by atoms with E-state index in [-0.39, 0.29) is 22.2 Å². The minimum atomic E-state index is -3.13. The van der Waals surface area contributed by atoms with Gasteiger partial charge in [0.05, 0.1) is 5.25 Å². The molecule has 4 N–H and O–H groups in total. The van der Waals surface area contributed by atoms with Crippen molar-refractivity contribution in [2.45, 2.75) is 28.3 Å². The van der Waals surface area contributed by atoms with Crippen LogP contribution in [0.1, 0.15) is 12.8 Å². The number of nitrogens with zero attached hydrogens (tertiary/aromatic N) is 1. The maximum absolute atomic E-state index is 12.6. The van der Waals surface area contributed by atoms with E-state index in [4.69, 9.17) is 0 Å². The van der Waals surface area contributed by atoms with Crippen molar-refractivity contribution in [1.82, 2.24) is 4.90 Å². The summed E-state index contributed by atoms with van der Waals surface area (Å²) in [4.78, 5) is 2.38. The molecule has 0 unspecified atom stereocenters. The van der Waals surface area contributed by atoms with Gasteiger partial charge in [-0.15, -0.1) is 11.3 Å². The van der Waals surface area contributed by atoms with Crippen molar-refractivity contribution < 1.29 is 19.4 Å². The Morgan fingerprint density at radius 1 is 1.15 bits per heavy atom. The van der Waals surface area contributed by atoms with E-state index in [9.17, 15) is 8.42 Å². The van der Waals surface area contributed by atoms with Gasteiger partial charge in [-0.3, -0.25) is 4.90 Å². The lowest BCUT2D eigenvalue weighted by Crippen LogP contribution is -2.44. The third-order valence-corrected chi connectivity index (χ3v) is 8.79. The maximum atomic E-state index is 12.6. The van der Waals surface area contributed by atoms with E-state index in [1.54, 1.807) is 17.8 Å². The molecule has 1 aromatic heterocycles. The minimum Gasteiger partial charge on any atom is -0.412 e. The first-order valence-electron chi connectivity index (χ1n) is 6.29. The van der Waals surface area contributed by atoms with Gasteiger partial charge in [-0.05, 0) is 37.4 Å². The molecule has 0 saturated carbocycles. The van der Waals surface area contributed by atoms with Crippen LogP contribution < -0.4 is 0 Å². The average Bonchev–Trinajstić information content (AvgIpc) is 3.11. The Labute approximate surface area is 127 Å². The van der Waals surface area contributed by atoms with Gasteiger partial charge in [0.1, 0.15) is 4.21 Å². The summed E-state index contributed by atoms with van der Waals surface area (Å²) in [6, 6.07) is 3.79. The number of hydrogen-bond donors (Lipinski definition) is 0. The lowest BCUT2D eigenvalue weighted by Gasteiger charge is -2.27. The smallest absolute Gasteiger partial charge is 0.192 e. The molecule has 0 aromatic carbocycles. The van der Waals surface area contributed by atoms with E-state index in [1.165, 1.54) is 24.2 Å². The zero-order valence-electron chi connectivity index (χ0n) is 11.1. The number of hydrogen-bond acceptors (Lipinski definition) is 5. The van der Waals surface area contributed by atoms with Crippen molar-refractivity contribution in [3.8, 4) is 0 Å². The van der Waals surface area contributed by atoms with E-state index in [0.29, 0.717) is 4.21 Å². The highest BCUT2D eigenvalue weighted by Gasteiger charge is 2.42. The van der Waals surface area contributed by atoms with Gasteiger partial charge >= 0.3 is 0 Å². The van der Waals surface area contributed by atoms with Crippen LogP contribution in [0.2, 0.25) is 0 Å². The van der Waals surface area contributed by atoms with Gasteiger partial charge in [-0.1, -0.05) is 6.07 Å². The zero-order valence-corrected chi connectivity index (χ0v) is 13.6. The third kappa shape index (κ3) is 3.20. The van der Waals surface area contributed by atoms with Gasteiger partial charge < -0.3 is 11.0 Å². The zero-order chi connectivity index (χ0) is 12.6. The number of sulfone groups is 1. The molecule has 116 valence electrons. The molecule has 20 heavy (non-hydrogen) atoms. The molecular weight excluding hydrogens is 318 g/mol. The molecule has 0 radical (unpaired) electrons. The summed E-state index contributed by atoms with van der Waals surface area (Å²) < 4.78 is 25.8. The lowest BCUT2D eigenvalue weighted by molar-refractivity contribution is 0.265. The van der Waals surface area contributed by atoms with Crippen LogP contribution >= 0.6 is 23.1 Å². The summed E-state index contributed by atoms with van der Waals surface area (Å²) in [7, 11) is -3.13. The van der Waals surface area contributed by atoms with Crippen molar-refractivity contribution in [3.05, 3.63) is 17.5 Å². The number of thioether (sulfide) groups is 1. The van der Waals surface area contributed by atoms with E-state index < -0.39 is 9.84 Å². The standard InChI is InChI=1S/C12H17NO2S3.2H2O/c14-18(15,12-4-3-7-17-12)11-9-16-8-10(11)13-5-1-2-6-13;;/h3-4,7,10-11H,1-2,5-6,8-9H2;2*1H2/t10-,11-;;/m0../s1. The summed E-state index contributed by atoms with van der Waals surface area (Å²) in [6.45, 7) is 2.14. The molecule has 0 bridgehead atoms. The largest absolute Gasteiger partial charge is 0.412 e. The average molecular weight is 340 g/mol. The van der Waals surface area contributed by atoms with Crippen molar-refractivity contribution >= 4 is 32.9 Å². The first kappa shape index (κ1) is 17.9. The van der Waals surface area contributed by atoms with Crippen LogP contribution in [-0.4, -0.2) is 60.2 Å². The normalized spacial score (nSPS) is 27.0. The molecule has 2 aliphatic heterocycles. The Balaban J connectivity index is 0.000001000. The summed E-state index contributed by atoms with van der Waals surface area (Å²) in [5.41, 5.74) is 0. The van der Waals surface area contributed by atoms with E-state index in [1.807, 2.05) is 11.4 Å². The Kier molecular flexibility index (Phi) is 6.49. The molecule has 2 saturated heterocycles. The molecule has 0 aliphatic carbocycles. The number of thiophene rings is 1. The molecule has 0 amide bonds. The number of rotatable bonds is 3. The van der Waals surface area contributed by atoms with Crippen LogP contribution in [0.25, 0.3) is 0 Å². The number of likely N-dealkylation sites (tertiary alicyclic amines) is 1. The summed E-state index contributed by atoms with van der Waals surface area (Å²) in [5, 5.41) is 1.64. The van der Waals surface area contributed by atoms with Crippen molar-refractivity contribution in [2.75, 3.05) is 24.6 Å². The minimum absolute atomic E-state index is 0. The van der Waals surface area contributed by atoms with Crippen LogP contribution in [-0.2, 0) is 9.84 Å². The Morgan fingerprint density at radius 3 is 2.45 bits per heavy atom. The van der Waals surface area contributed by atoms with Crippen LogP contribution in [0.4, 0.5) is 0 Å². The van der Waals surface area contributed by atoms with Gasteiger partial charge in [0.15, 0.2) is 9.84 Å². The Morgan fingerprint density at radius 2 is 1.85 bits per heavy atom. The monoisotopic (exact) mass is 339 g/mol. The molecule has 1 aromatic rings. The van der Waals surface area contributed by atoms with Gasteiger partial charge in [0, 0.05) is 17.5 Å². The third-order valence-electron chi connectivity index (χ3n) is 3.78. The van der Waals surface area contributed by atoms with Crippen LogP contribution in [0.5, 0.6) is 0 Å². The molecule has 2 atom stereocenters. The predicted octanol–water partition coefficient (Wildman–Crippen LogP) is 0.452. The fourth-order valence-corrected chi connectivity index (χ4v) is 7.98. The molecule has 5 nitrogen and oxygen atoms in total. The van der Waals surface area contributed by atoms with Crippen LogP contribution in [0, 0.1) is 0 Å². The van der Waals surface area contributed by atoms with E-state index in [2.05, 4.69) is 4.90 Å². The SMILES string of the molecule is O.O.O=S(=O)(c1cccs1)[C@H]1CSC[C@@H]1N1CCCC1. The molecule has 3 heterocycles. The first-order chi connectivity index (χ1) is 8.69. The van der Waals surface area contributed by atoms with Crippen molar-refractivity contribution in [1.29, 1.82) is 0 Å². The maximum Gasteiger partial charge on any atom is 0.192 e. The van der Waals surface area contributed by atoms with E-state index in [0.717, 1.165) is 24.6 Å². The Bertz CT molecular complexity index is 497. The molecule has 2 fully saturated rings. The molecular formula is C12H21NO4S3. The summed E-state index contributed by atoms with van der Waals surface area (Å²) in [5.74, 6) is 1.72. The van der Waals surface area contributed by atoms with Crippen molar-refractivity contribution in [3.63, 3.8) is 0 Å². The fourth-order valence-electron chi connectivity index (χ4n) is 2.81. The summed E-state index contributed by atoms with van der Waals surface area (Å²) >= 11 is 3.13. The molecule has 2 aliphatic rings. The highest BCUT2D eigenvalue weighted by Crippen LogP contribution is 2.34. The van der Waals surface area contributed by atoms with Crippen LogP contribution in [0.15, 0.2) is 21.7 Å². The second kappa shape index (κ2) is 7.24. The highest BCUT2D eigenvalue weighted by molar-refractivity contribution is 8.02. The quantitative estimate of drug-likeness (QED) is 0.798. The predicted molar refractivity (Wildman–Crippen MR) is 84.4 cm³/mol. The molecule has 8 heteroatoms. The van der Waals surface area contributed by atoms with Gasteiger partial charge in [-0.2, -0.15) is 11.8 Å². The van der Waals surface area contributed by atoms with Gasteiger partial charge in [0.2, 0.25) is 0 Å². The second-order valence-corrected chi connectivity index (χ2v) is 9.28. The van der Waals surface area contributed by atoms with Gasteiger partial charge in [-0.25, -0.2) is 8.42 Å².